The Bertz CT molecular complexity index is 485. The molecule has 0 spiro atoms. The first kappa shape index (κ1) is 12.6. The van der Waals surface area contributed by atoms with Gasteiger partial charge < -0.3 is 10.1 Å². The number of aromatic nitrogens is 1. The fourth-order valence-corrected chi connectivity index (χ4v) is 1.82. The van der Waals surface area contributed by atoms with E-state index in [0.29, 0.717) is 6.04 Å². The standard InChI is InChI=1S/C15H18N2O/c1-12(14-6-8-16-9-7-14)17-11-13-4-3-5-15(10-13)18-2/h3-10,12,17H,11H2,1-2H3/t12-/m1/s1. The molecular formula is C15H18N2O. The lowest BCUT2D eigenvalue weighted by atomic mass is 10.1. The van der Waals surface area contributed by atoms with Gasteiger partial charge in [0, 0.05) is 25.0 Å². The zero-order valence-electron chi connectivity index (χ0n) is 10.8. The van der Waals surface area contributed by atoms with Crippen LogP contribution in [0.2, 0.25) is 0 Å². The molecular weight excluding hydrogens is 224 g/mol. The molecule has 0 saturated carbocycles. The van der Waals surface area contributed by atoms with Gasteiger partial charge in [0.05, 0.1) is 7.11 Å². The summed E-state index contributed by atoms with van der Waals surface area (Å²) in [4.78, 5) is 4.02. The third kappa shape index (κ3) is 3.31. The maximum atomic E-state index is 5.21. The molecule has 1 atom stereocenters. The molecule has 0 amide bonds. The van der Waals surface area contributed by atoms with E-state index in [1.165, 1.54) is 11.1 Å². The molecule has 0 aliphatic heterocycles. The van der Waals surface area contributed by atoms with Crippen LogP contribution in [0.4, 0.5) is 0 Å². The quantitative estimate of drug-likeness (QED) is 0.875. The van der Waals surface area contributed by atoms with Gasteiger partial charge >= 0.3 is 0 Å². The summed E-state index contributed by atoms with van der Waals surface area (Å²) in [7, 11) is 1.69. The van der Waals surface area contributed by atoms with E-state index in [9.17, 15) is 0 Å². The van der Waals surface area contributed by atoms with Crippen LogP contribution in [-0.4, -0.2) is 12.1 Å². The minimum atomic E-state index is 0.305. The molecule has 0 aliphatic rings. The van der Waals surface area contributed by atoms with E-state index in [1.54, 1.807) is 7.11 Å². The number of nitrogens with zero attached hydrogens (tertiary/aromatic N) is 1. The lowest BCUT2D eigenvalue weighted by molar-refractivity contribution is 0.414. The number of rotatable bonds is 5. The molecule has 0 unspecified atom stereocenters. The van der Waals surface area contributed by atoms with Crippen molar-refractivity contribution in [3.05, 3.63) is 59.9 Å². The maximum Gasteiger partial charge on any atom is 0.119 e. The highest BCUT2D eigenvalue weighted by molar-refractivity contribution is 5.28. The minimum absolute atomic E-state index is 0.305. The summed E-state index contributed by atoms with van der Waals surface area (Å²) in [5, 5.41) is 3.48. The maximum absolute atomic E-state index is 5.21. The summed E-state index contributed by atoms with van der Waals surface area (Å²) in [6, 6.07) is 12.5. The van der Waals surface area contributed by atoms with Crippen molar-refractivity contribution in [3.8, 4) is 5.75 Å². The molecule has 0 radical (unpaired) electrons. The van der Waals surface area contributed by atoms with Gasteiger partial charge in [-0.2, -0.15) is 0 Å². The van der Waals surface area contributed by atoms with Gasteiger partial charge in [-0.05, 0) is 42.3 Å². The van der Waals surface area contributed by atoms with E-state index >= 15 is 0 Å². The van der Waals surface area contributed by atoms with Gasteiger partial charge in [0.25, 0.3) is 0 Å². The lowest BCUT2D eigenvalue weighted by Gasteiger charge is -2.14. The zero-order valence-corrected chi connectivity index (χ0v) is 10.8. The molecule has 0 fully saturated rings. The van der Waals surface area contributed by atoms with Gasteiger partial charge in [0.15, 0.2) is 0 Å². The second kappa shape index (κ2) is 6.17. The van der Waals surface area contributed by atoms with E-state index in [1.807, 2.05) is 42.7 Å². The molecule has 0 bridgehead atoms. The van der Waals surface area contributed by atoms with E-state index in [4.69, 9.17) is 4.74 Å². The first-order chi connectivity index (χ1) is 8.79. The molecule has 1 aromatic carbocycles. The summed E-state index contributed by atoms with van der Waals surface area (Å²) in [6.07, 6.45) is 3.64. The summed E-state index contributed by atoms with van der Waals surface area (Å²) in [6.45, 7) is 2.97. The van der Waals surface area contributed by atoms with Crippen LogP contribution in [0.15, 0.2) is 48.8 Å². The van der Waals surface area contributed by atoms with E-state index < -0.39 is 0 Å². The number of hydrogen-bond acceptors (Lipinski definition) is 3. The smallest absolute Gasteiger partial charge is 0.119 e. The third-order valence-electron chi connectivity index (χ3n) is 2.95. The number of hydrogen-bond donors (Lipinski definition) is 1. The first-order valence-corrected chi connectivity index (χ1v) is 6.06. The van der Waals surface area contributed by atoms with E-state index in [-0.39, 0.29) is 0 Å². The molecule has 18 heavy (non-hydrogen) atoms. The predicted molar refractivity (Wildman–Crippen MR) is 72.5 cm³/mol. The van der Waals surface area contributed by atoms with Crippen molar-refractivity contribution >= 4 is 0 Å². The van der Waals surface area contributed by atoms with E-state index in [2.05, 4.69) is 23.3 Å². The average Bonchev–Trinajstić information content (AvgIpc) is 2.46. The van der Waals surface area contributed by atoms with Crippen LogP contribution in [0.1, 0.15) is 24.1 Å². The Morgan fingerprint density at radius 1 is 1.22 bits per heavy atom. The van der Waals surface area contributed by atoms with Crippen molar-refractivity contribution < 1.29 is 4.74 Å². The van der Waals surface area contributed by atoms with Gasteiger partial charge in [-0.1, -0.05) is 12.1 Å². The Morgan fingerprint density at radius 2 is 2.00 bits per heavy atom. The van der Waals surface area contributed by atoms with Crippen LogP contribution in [0.3, 0.4) is 0 Å². The molecule has 2 aromatic rings. The highest BCUT2D eigenvalue weighted by Gasteiger charge is 2.04. The van der Waals surface area contributed by atoms with Crippen molar-refractivity contribution in [3.63, 3.8) is 0 Å². The van der Waals surface area contributed by atoms with Crippen LogP contribution in [0, 0.1) is 0 Å². The SMILES string of the molecule is COc1cccc(CN[C@H](C)c2ccncc2)c1. The van der Waals surface area contributed by atoms with Crippen LogP contribution in [0.5, 0.6) is 5.75 Å². The second-order valence-corrected chi connectivity index (χ2v) is 4.23. The Hall–Kier alpha value is -1.87. The summed E-state index contributed by atoms with van der Waals surface area (Å²) in [5.41, 5.74) is 2.46. The molecule has 1 N–H and O–H groups in total. The van der Waals surface area contributed by atoms with Gasteiger partial charge in [-0.15, -0.1) is 0 Å². The topological polar surface area (TPSA) is 34.1 Å². The fraction of sp³-hybridized carbons (Fsp3) is 0.267. The second-order valence-electron chi connectivity index (χ2n) is 4.23. The lowest BCUT2D eigenvalue weighted by Crippen LogP contribution is -2.18. The summed E-state index contributed by atoms with van der Waals surface area (Å²) >= 11 is 0. The van der Waals surface area contributed by atoms with Crippen LogP contribution >= 0.6 is 0 Å². The average molecular weight is 242 g/mol. The highest BCUT2D eigenvalue weighted by Crippen LogP contribution is 2.15. The molecule has 94 valence electrons. The predicted octanol–water partition coefficient (Wildman–Crippen LogP) is 2.94. The Morgan fingerprint density at radius 3 is 2.72 bits per heavy atom. The molecule has 3 heteroatoms. The molecule has 3 nitrogen and oxygen atoms in total. The summed E-state index contributed by atoms with van der Waals surface area (Å²) < 4.78 is 5.21. The Balaban J connectivity index is 1.95. The van der Waals surface area contributed by atoms with Crippen molar-refractivity contribution in [1.82, 2.24) is 10.3 Å². The molecule has 0 saturated heterocycles. The molecule has 1 aromatic heterocycles. The van der Waals surface area contributed by atoms with Crippen molar-refractivity contribution in [2.24, 2.45) is 0 Å². The first-order valence-electron chi connectivity index (χ1n) is 6.06. The van der Waals surface area contributed by atoms with Gasteiger partial charge in [0.2, 0.25) is 0 Å². The monoisotopic (exact) mass is 242 g/mol. The van der Waals surface area contributed by atoms with Crippen LogP contribution in [0.25, 0.3) is 0 Å². The Labute approximate surface area is 108 Å². The van der Waals surface area contributed by atoms with Gasteiger partial charge in [-0.3, -0.25) is 4.98 Å². The molecule has 0 aliphatic carbocycles. The molecule has 2 rings (SSSR count). The normalized spacial score (nSPS) is 12.1. The van der Waals surface area contributed by atoms with Crippen LogP contribution < -0.4 is 10.1 Å². The zero-order chi connectivity index (χ0) is 12.8. The number of pyridine rings is 1. The minimum Gasteiger partial charge on any atom is -0.497 e. The van der Waals surface area contributed by atoms with Gasteiger partial charge in [-0.25, -0.2) is 0 Å². The fourth-order valence-electron chi connectivity index (χ4n) is 1.82. The van der Waals surface area contributed by atoms with Crippen molar-refractivity contribution in [1.29, 1.82) is 0 Å². The third-order valence-corrected chi connectivity index (χ3v) is 2.95. The molecule has 1 heterocycles. The van der Waals surface area contributed by atoms with E-state index in [0.717, 1.165) is 12.3 Å². The summed E-state index contributed by atoms with van der Waals surface area (Å²) in [5.74, 6) is 0.894. The number of ether oxygens (including phenoxy) is 1. The highest BCUT2D eigenvalue weighted by atomic mass is 16.5. The van der Waals surface area contributed by atoms with Crippen molar-refractivity contribution in [2.75, 3.05) is 7.11 Å². The largest absolute Gasteiger partial charge is 0.497 e. The Kier molecular flexibility index (Phi) is 4.31. The van der Waals surface area contributed by atoms with Crippen LogP contribution in [-0.2, 0) is 6.54 Å². The van der Waals surface area contributed by atoms with Gasteiger partial charge in [0.1, 0.15) is 5.75 Å². The number of nitrogens with one attached hydrogen (secondary N) is 1. The number of benzene rings is 1. The van der Waals surface area contributed by atoms with Crippen molar-refractivity contribution in [2.45, 2.75) is 19.5 Å². The number of methoxy groups -OCH3 is 1.